The number of anilines is 3. The highest BCUT2D eigenvalue weighted by Crippen LogP contribution is 2.46. The predicted octanol–water partition coefficient (Wildman–Crippen LogP) is 14.9. The first-order valence-electron chi connectivity index (χ1n) is 19.8. The molecule has 0 fully saturated rings. The third kappa shape index (κ3) is 7.46. The molecule has 0 aliphatic heterocycles. The molecular weight excluding hydrogens is 703 g/mol. The largest absolute Gasteiger partial charge is 0.310 e. The fourth-order valence-corrected chi connectivity index (χ4v) is 7.99. The van der Waals surface area contributed by atoms with Gasteiger partial charge in [0.25, 0.3) is 0 Å². The Morgan fingerprint density at radius 2 is 0.914 bits per heavy atom. The molecule has 0 unspecified atom stereocenters. The summed E-state index contributed by atoms with van der Waals surface area (Å²) >= 11 is 0. The Hall–Kier alpha value is -7.36. The van der Waals surface area contributed by atoms with Gasteiger partial charge < -0.3 is 4.90 Å². The molecule has 0 amide bonds. The maximum Gasteiger partial charge on any atom is 0.0709 e. The third-order valence-corrected chi connectivity index (χ3v) is 10.8. The summed E-state index contributed by atoms with van der Waals surface area (Å²) in [6, 6.07) is 69.3. The SMILES string of the molecule is Cc1cc(C)c(N(c2cccc(-c3cc(-c4ccc(-c5ccccc5)cc4)c(C)cn3)c2)c2cc(-c3ccccc3)cc(-c3ccccn3)c2)c(-c2ccccc2)c1. The minimum Gasteiger partial charge on any atom is -0.310 e. The lowest BCUT2D eigenvalue weighted by Gasteiger charge is -2.31. The summed E-state index contributed by atoms with van der Waals surface area (Å²) in [5.74, 6) is 0. The molecule has 0 radical (unpaired) electrons. The number of hydrogen-bond donors (Lipinski definition) is 0. The Labute approximate surface area is 341 Å². The number of nitrogens with zero attached hydrogens (tertiary/aromatic N) is 3. The summed E-state index contributed by atoms with van der Waals surface area (Å²) in [6.45, 7) is 6.54. The lowest BCUT2D eigenvalue weighted by Crippen LogP contribution is -2.13. The van der Waals surface area contributed by atoms with Crippen molar-refractivity contribution in [3.05, 3.63) is 223 Å². The summed E-state index contributed by atoms with van der Waals surface area (Å²) < 4.78 is 0. The zero-order chi connectivity index (χ0) is 39.4. The van der Waals surface area contributed by atoms with E-state index in [9.17, 15) is 0 Å². The quantitative estimate of drug-likeness (QED) is 0.147. The molecule has 0 atom stereocenters. The van der Waals surface area contributed by atoms with Gasteiger partial charge in [-0.25, -0.2) is 0 Å². The van der Waals surface area contributed by atoms with E-state index in [2.05, 4.69) is 214 Å². The topological polar surface area (TPSA) is 29.0 Å². The minimum absolute atomic E-state index is 0.922. The van der Waals surface area contributed by atoms with Crippen LogP contribution in [-0.2, 0) is 0 Å². The zero-order valence-electron chi connectivity index (χ0n) is 33.0. The number of benzene rings is 7. The van der Waals surface area contributed by atoms with E-state index in [4.69, 9.17) is 9.97 Å². The molecule has 0 N–H and O–H groups in total. The van der Waals surface area contributed by atoms with Crippen molar-refractivity contribution in [2.45, 2.75) is 20.8 Å². The van der Waals surface area contributed by atoms with Gasteiger partial charge in [-0.05, 0) is 125 Å². The molecule has 0 aliphatic rings. The number of pyridine rings is 2. The molecule has 58 heavy (non-hydrogen) atoms. The Morgan fingerprint density at radius 1 is 0.345 bits per heavy atom. The van der Waals surface area contributed by atoms with E-state index in [0.29, 0.717) is 0 Å². The molecule has 2 aromatic heterocycles. The molecule has 0 saturated heterocycles. The van der Waals surface area contributed by atoms with Crippen molar-refractivity contribution < 1.29 is 0 Å². The maximum absolute atomic E-state index is 5.02. The molecular formula is C55H43N3. The summed E-state index contributed by atoms with van der Waals surface area (Å²) in [6.07, 6.45) is 3.86. The summed E-state index contributed by atoms with van der Waals surface area (Å²) in [7, 11) is 0. The zero-order valence-corrected chi connectivity index (χ0v) is 33.0. The van der Waals surface area contributed by atoms with Crippen molar-refractivity contribution in [2.24, 2.45) is 0 Å². The standard InChI is InChI=1S/C55H43N3/c1-38-30-39(2)55(52(31-38)44-20-11-6-12-21-44)58(50-34-47(42-18-9-5-10-19-42)32-48(35-50)53-24-13-14-29-56-53)49-23-15-22-46(33-49)54-36-51(40(3)37-57-54)45-27-25-43(26-28-45)41-16-7-4-8-17-41/h4-37H,1-3H3. The molecule has 0 bridgehead atoms. The van der Waals surface area contributed by atoms with E-state index in [1.807, 2.05) is 18.5 Å². The summed E-state index contributed by atoms with van der Waals surface area (Å²) in [4.78, 5) is 12.3. The first kappa shape index (κ1) is 36.3. The first-order chi connectivity index (χ1) is 28.5. The van der Waals surface area contributed by atoms with Crippen LogP contribution in [0.15, 0.2) is 207 Å². The molecule has 7 aromatic carbocycles. The highest BCUT2D eigenvalue weighted by atomic mass is 15.1. The molecule has 9 aromatic rings. The minimum atomic E-state index is 0.922. The second-order valence-electron chi connectivity index (χ2n) is 14.9. The van der Waals surface area contributed by atoms with Crippen molar-refractivity contribution in [3.63, 3.8) is 0 Å². The maximum atomic E-state index is 5.02. The number of aromatic nitrogens is 2. The van der Waals surface area contributed by atoms with Crippen molar-refractivity contribution in [1.82, 2.24) is 9.97 Å². The van der Waals surface area contributed by atoms with Crippen LogP contribution in [-0.4, -0.2) is 9.97 Å². The van der Waals surface area contributed by atoms with Gasteiger partial charge in [-0.1, -0.05) is 145 Å². The van der Waals surface area contributed by atoms with Gasteiger partial charge in [0.15, 0.2) is 0 Å². The van der Waals surface area contributed by atoms with Crippen LogP contribution in [0.5, 0.6) is 0 Å². The average Bonchev–Trinajstić information content (AvgIpc) is 3.28. The van der Waals surface area contributed by atoms with Crippen molar-refractivity contribution in [1.29, 1.82) is 0 Å². The van der Waals surface area contributed by atoms with Crippen LogP contribution >= 0.6 is 0 Å². The summed E-state index contributed by atoms with van der Waals surface area (Å²) in [5, 5.41) is 0. The number of hydrogen-bond acceptors (Lipinski definition) is 3. The van der Waals surface area contributed by atoms with E-state index in [1.54, 1.807) is 0 Å². The molecule has 9 rings (SSSR count). The average molecular weight is 746 g/mol. The van der Waals surface area contributed by atoms with Gasteiger partial charge >= 0.3 is 0 Å². The molecule has 3 heteroatoms. The van der Waals surface area contributed by atoms with Crippen LogP contribution in [0.1, 0.15) is 16.7 Å². The predicted molar refractivity (Wildman–Crippen MR) is 244 cm³/mol. The Bertz CT molecular complexity index is 2770. The molecule has 3 nitrogen and oxygen atoms in total. The van der Waals surface area contributed by atoms with Crippen LogP contribution in [0.4, 0.5) is 17.1 Å². The van der Waals surface area contributed by atoms with Crippen LogP contribution in [0.25, 0.3) is 67.0 Å². The lowest BCUT2D eigenvalue weighted by molar-refractivity contribution is 1.23. The van der Waals surface area contributed by atoms with Gasteiger partial charge in [-0.2, -0.15) is 0 Å². The highest BCUT2D eigenvalue weighted by molar-refractivity contribution is 5.93. The van der Waals surface area contributed by atoms with Crippen molar-refractivity contribution in [3.8, 4) is 67.0 Å². The Kier molecular flexibility index (Phi) is 10.0. The van der Waals surface area contributed by atoms with Gasteiger partial charge in [0, 0.05) is 40.5 Å². The first-order valence-corrected chi connectivity index (χ1v) is 19.8. The monoisotopic (exact) mass is 745 g/mol. The van der Waals surface area contributed by atoms with Gasteiger partial charge in [0.05, 0.1) is 17.1 Å². The molecule has 0 aliphatic carbocycles. The number of rotatable bonds is 9. The van der Waals surface area contributed by atoms with E-state index < -0.39 is 0 Å². The van der Waals surface area contributed by atoms with Gasteiger partial charge in [0.1, 0.15) is 0 Å². The van der Waals surface area contributed by atoms with E-state index in [-0.39, 0.29) is 0 Å². The molecule has 0 spiro atoms. The van der Waals surface area contributed by atoms with Crippen molar-refractivity contribution in [2.75, 3.05) is 4.90 Å². The fourth-order valence-electron chi connectivity index (χ4n) is 7.99. The van der Waals surface area contributed by atoms with Crippen LogP contribution in [0, 0.1) is 20.8 Å². The van der Waals surface area contributed by atoms with Gasteiger partial charge in [-0.3, -0.25) is 9.97 Å². The Balaban J connectivity index is 1.23. The van der Waals surface area contributed by atoms with Crippen LogP contribution in [0.2, 0.25) is 0 Å². The van der Waals surface area contributed by atoms with Gasteiger partial charge in [0.2, 0.25) is 0 Å². The summed E-state index contributed by atoms with van der Waals surface area (Å²) in [5.41, 5.74) is 20.0. The molecule has 2 heterocycles. The third-order valence-electron chi connectivity index (χ3n) is 10.8. The van der Waals surface area contributed by atoms with Gasteiger partial charge in [-0.15, -0.1) is 0 Å². The number of aryl methyl sites for hydroxylation is 3. The second kappa shape index (κ2) is 16.0. The highest BCUT2D eigenvalue weighted by Gasteiger charge is 2.22. The van der Waals surface area contributed by atoms with Crippen LogP contribution < -0.4 is 4.90 Å². The smallest absolute Gasteiger partial charge is 0.0709 e. The molecule has 278 valence electrons. The fraction of sp³-hybridized carbons (Fsp3) is 0.0545. The second-order valence-corrected chi connectivity index (χ2v) is 14.9. The van der Waals surface area contributed by atoms with Crippen LogP contribution in [0.3, 0.4) is 0 Å². The molecule has 0 saturated carbocycles. The lowest BCUT2D eigenvalue weighted by atomic mass is 9.94. The van der Waals surface area contributed by atoms with E-state index in [0.717, 1.165) is 61.8 Å². The van der Waals surface area contributed by atoms with Crippen molar-refractivity contribution >= 4 is 17.1 Å². The van der Waals surface area contributed by atoms with E-state index >= 15 is 0 Å². The van der Waals surface area contributed by atoms with E-state index in [1.165, 1.54) is 38.9 Å². The normalized spacial score (nSPS) is 11.0. The Morgan fingerprint density at radius 3 is 1.60 bits per heavy atom.